The third kappa shape index (κ3) is 3.70. The molecule has 18 heavy (non-hydrogen) atoms. The molecule has 5 nitrogen and oxygen atoms in total. The molecule has 100 valence electrons. The van der Waals surface area contributed by atoms with Gasteiger partial charge in [0.1, 0.15) is 0 Å². The van der Waals surface area contributed by atoms with E-state index >= 15 is 0 Å². The lowest BCUT2D eigenvalue weighted by atomic mass is 9.94. The van der Waals surface area contributed by atoms with Gasteiger partial charge in [-0.1, -0.05) is 13.8 Å². The molecule has 2 amide bonds. The molecule has 0 aliphatic rings. The highest BCUT2D eigenvalue weighted by Crippen LogP contribution is 2.15. The largest absolute Gasteiger partial charge is 0.394 e. The molecule has 0 unspecified atom stereocenters. The van der Waals surface area contributed by atoms with Gasteiger partial charge in [-0.3, -0.25) is 4.98 Å². The maximum atomic E-state index is 11.9. The standard InChI is InChI=1S/C13H21N3O2/c1-4-13(5-2,9-17)16-12(18)15-11-6-7-14-10(3)8-11/h6-8,17H,4-5,9H2,1-3H3,(H2,14,15,16,18). The van der Waals surface area contributed by atoms with Crippen molar-refractivity contribution in [3.63, 3.8) is 0 Å². The number of rotatable bonds is 5. The minimum absolute atomic E-state index is 0.0667. The second kappa shape index (κ2) is 6.35. The Bertz CT molecular complexity index is 395. The van der Waals surface area contributed by atoms with Gasteiger partial charge in [-0.2, -0.15) is 0 Å². The van der Waals surface area contributed by atoms with Gasteiger partial charge in [0.25, 0.3) is 0 Å². The number of nitrogens with zero attached hydrogens (tertiary/aromatic N) is 1. The number of urea groups is 1. The minimum atomic E-state index is -0.549. The lowest BCUT2D eigenvalue weighted by Gasteiger charge is -2.30. The summed E-state index contributed by atoms with van der Waals surface area (Å²) in [7, 11) is 0. The fraction of sp³-hybridized carbons (Fsp3) is 0.538. The predicted molar refractivity (Wildman–Crippen MR) is 71.5 cm³/mol. The van der Waals surface area contributed by atoms with Crippen LogP contribution in [-0.4, -0.2) is 28.3 Å². The number of hydrogen-bond acceptors (Lipinski definition) is 3. The number of carbonyl (C=O) groups is 1. The van der Waals surface area contributed by atoms with Gasteiger partial charge >= 0.3 is 6.03 Å². The van der Waals surface area contributed by atoms with Crippen LogP contribution in [0.1, 0.15) is 32.4 Å². The average molecular weight is 251 g/mol. The molecule has 1 heterocycles. The molecule has 1 aromatic heterocycles. The van der Waals surface area contributed by atoms with Gasteiger partial charge in [-0.25, -0.2) is 4.79 Å². The van der Waals surface area contributed by atoms with Gasteiger partial charge < -0.3 is 15.7 Å². The van der Waals surface area contributed by atoms with Crippen molar-refractivity contribution >= 4 is 11.7 Å². The van der Waals surface area contributed by atoms with Crippen molar-refractivity contribution in [3.05, 3.63) is 24.0 Å². The van der Waals surface area contributed by atoms with Crippen molar-refractivity contribution < 1.29 is 9.90 Å². The molecular weight excluding hydrogens is 230 g/mol. The number of aliphatic hydroxyl groups excluding tert-OH is 1. The Morgan fingerprint density at radius 3 is 2.61 bits per heavy atom. The summed E-state index contributed by atoms with van der Waals surface area (Å²) in [5.74, 6) is 0. The molecule has 5 heteroatoms. The number of hydrogen-bond donors (Lipinski definition) is 3. The first-order chi connectivity index (χ1) is 8.55. The minimum Gasteiger partial charge on any atom is -0.394 e. The van der Waals surface area contributed by atoms with Gasteiger partial charge in [0, 0.05) is 17.6 Å². The van der Waals surface area contributed by atoms with Gasteiger partial charge in [-0.15, -0.1) is 0 Å². The highest BCUT2D eigenvalue weighted by molar-refractivity contribution is 5.89. The van der Waals surface area contributed by atoms with Crippen LogP contribution in [0.15, 0.2) is 18.3 Å². The van der Waals surface area contributed by atoms with E-state index < -0.39 is 5.54 Å². The molecule has 0 saturated carbocycles. The Labute approximate surface area is 108 Å². The van der Waals surface area contributed by atoms with E-state index in [0.29, 0.717) is 18.5 Å². The van der Waals surface area contributed by atoms with Crippen LogP contribution in [-0.2, 0) is 0 Å². The summed E-state index contributed by atoms with van der Waals surface area (Å²) >= 11 is 0. The fourth-order valence-electron chi connectivity index (χ4n) is 1.72. The maximum Gasteiger partial charge on any atom is 0.319 e. The number of aryl methyl sites for hydroxylation is 1. The van der Waals surface area contributed by atoms with Gasteiger partial charge in [0.15, 0.2) is 0 Å². The topological polar surface area (TPSA) is 74.2 Å². The van der Waals surface area contributed by atoms with Crippen LogP contribution in [0, 0.1) is 6.92 Å². The second-order valence-electron chi connectivity index (χ2n) is 4.41. The monoisotopic (exact) mass is 251 g/mol. The van der Waals surface area contributed by atoms with Crippen LogP contribution < -0.4 is 10.6 Å². The Morgan fingerprint density at radius 1 is 1.44 bits per heavy atom. The molecule has 3 N–H and O–H groups in total. The van der Waals surface area contributed by atoms with E-state index in [1.165, 1.54) is 0 Å². The van der Waals surface area contributed by atoms with Gasteiger partial charge in [0.2, 0.25) is 0 Å². The van der Waals surface area contributed by atoms with E-state index in [1.807, 2.05) is 20.8 Å². The summed E-state index contributed by atoms with van der Waals surface area (Å²) in [6.07, 6.45) is 3.01. The van der Waals surface area contributed by atoms with E-state index in [-0.39, 0.29) is 12.6 Å². The number of amides is 2. The maximum absolute atomic E-state index is 11.9. The van der Waals surface area contributed by atoms with Crippen molar-refractivity contribution in [1.82, 2.24) is 10.3 Å². The van der Waals surface area contributed by atoms with E-state index in [0.717, 1.165) is 5.69 Å². The van der Waals surface area contributed by atoms with Crippen LogP contribution in [0.4, 0.5) is 10.5 Å². The highest BCUT2D eigenvalue weighted by atomic mass is 16.3. The third-order valence-electron chi connectivity index (χ3n) is 3.19. The van der Waals surface area contributed by atoms with Crippen molar-refractivity contribution in [2.45, 2.75) is 39.2 Å². The van der Waals surface area contributed by atoms with Crippen LogP contribution in [0.2, 0.25) is 0 Å². The molecule has 0 fully saturated rings. The Balaban J connectivity index is 2.66. The molecule has 1 aromatic rings. The summed E-state index contributed by atoms with van der Waals surface area (Å²) in [6.45, 7) is 5.68. The number of carbonyl (C=O) groups excluding carboxylic acids is 1. The summed E-state index contributed by atoms with van der Waals surface area (Å²) in [6, 6.07) is 3.21. The van der Waals surface area contributed by atoms with E-state index in [1.54, 1.807) is 18.3 Å². The molecule has 1 rings (SSSR count). The normalized spacial score (nSPS) is 11.1. The van der Waals surface area contributed by atoms with Crippen LogP contribution in [0.5, 0.6) is 0 Å². The number of anilines is 1. The van der Waals surface area contributed by atoms with Crippen molar-refractivity contribution in [2.24, 2.45) is 0 Å². The van der Waals surface area contributed by atoms with E-state index in [4.69, 9.17) is 0 Å². The highest BCUT2D eigenvalue weighted by Gasteiger charge is 2.27. The average Bonchev–Trinajstić information content (AvgIpc) is 2.36. The zero-order chi connectivity index (χ0) is 13.6. The second-order valence-corrected chi connectivity index (χ2v) is 4.41. The first-order valence-electron chi connectivity index (χ1n) is 6.18. The molecular formula is C13H21N3O2. The smallest absolute Gasteiger partial charge is 0.319 e. The summed E-state index contributed by atoms with van der Waals surface area (Å²) < 4.78 is 0. The molecule has 0 aliphatic carbocycles. The zero-order valence-corrected chi connectivity index (χ0v) is 11.2. The zero-order valence-electron chi connectivity index (χ0n) is 11.2. The number of nitrogens with one attached hydrogen (secondary N) is 2. The molecule has 0 saturated heterocycles. The molecule has 0 spiro atoms. The van der Waals surface area contributed by atoms with Crippen molar-refractivity contribution in [3.8, 4) is 0 Å². The van der Waals surface area contributed by atoms with Crippen LogP contribution >= 0.6 is 0 Å². The molecule has 0 bridgehead atoms. The van der Waals surface area contributed by atoms with Crippen LogP contribution in [0.3, 0.4) is 0 Å². The summed E-state index contributed by atoms with van der Waals surface area (Å²) in [5.41, 5.74) is 0.984. The Kier molecular flexibility index (Phi) is 5.09. The number of pyridine rings is 1. The van der Waals surface area contributed by atoms with Crippen molar-refractivity contribution in [2.75, 3.05) is 11.9 Å². The quantitative estimate of drug-likeness (QED) is 0.750. The summed E-state index contributed by atoms with van der Waals surface area (Å²) in [4.78, 5) is 15.9. The third-order valence-corrected chi connectivity index (χ3v) is 3.19. The van der Waals surface area contributed by atoms with Gasteiger partial charge in [-0.05, 0) is 31.9 Å². The number of aliphatic hydroxyl groups is 1. The molecule has 0 aromatic carbocycles. The predicted octanol–water partition coefficient (Wildman–Crippen LogP) is 2.06. The van der Waals surface area contributed by atoms with Crippen molar-refractivity contribution in [1.29, 1.82) is 0 Å². The Morgan fingerprint density at radius 2 is 2.11 bits per heavy atom. The number of aromatic nitrogens is 1. The molecule has 0 aliphatic heterocycles. The molecule has 0 atom stereocenters. The Hall–Kier alpha value is -1.62. The first-order valence-corrected chi connectivity index (χ1v) is 6.18. The van der Waals surface area contributed by atoms with E-state index in [9.17, 15) is 9.90 Å². The SMILES string of the molecule is CCC(CC)(CO)NC(=O)Nc1ccnc(C)c1. The molecule has 0 radical (unpaired) electrons. The summed E-state index contributed by atoms with van der Waals surface area (Å²) in [5, 5.41) is 14.9. The van der Waals surface area contributed by atoms with Gasteiger partial charge in [0.05, 0.1) is 12.1 Å². The first kappa shape index (κ1) is 14.4. The van der Waals surface area contributed by atoms with Crippen LogP contribution in [0.25, 0.3) is 0 Å². The lowest BCUT2D eigenvalue weighted by Crippen LogP contribution is -2.52. The lowest BCUT2D eigenvalue weighted by molar-refractivity contribution is 0.155. The fourth-order valence-corrected chi connectivity index (χ4v) is 1.72. The van der Waals surface area contributed by atoms with E-state index in [2.05, 4.69) is 15.6 Å².